The van der Waals surface area contributed by atoms with Crippen LogP contribution >= 0.6 is 11.3 Å². The number of fused-ring (bicyclic) bond motifs is 1. The van der Waals surface area contributed by atoms with Crippen molar-refractivity contribution in [3.05, 3.63) is 80.4 Å². The number of hydrogen-bond acceptors (Lipinski definition) is 6. The Morgan fingerprint density at radius 2 is 1.84 bits per heavy atom. The minimum atomic E-state index is -0.184. The predicted octanol–water partition coefficient (Wildman–Crippen LogP) is 4.06. The van der Waals surface area contributed by atoms with Crippen molar-refractivity contribution in [1.82, 2.24) is 14.6 Å². The van der Waals surface area contributed by atoms with Crippen molar-refractivity contribution in [3.63, 3.8) is 0 Å². The summed E-state index contributed by atoms with van der Waals surface area (Å²) in [5.41, 5.74) is 1.72. The second-order valence-corrected chi connectivity index (χ2v) is 7.82. The Bertz CT molecular complexity index is 1310. The normalized spacial score (nSPS) is 12.1. The molecule has 0 fully saturated rings. The Labute approximate surface area is 184 Å². The molecule has 0 saturated carbocycles. The van der Waals surface area contributed by atoms with Gasteiger partial charge in [0.15, 0.2) is 17.3 Å². The van der Waals surface area contributed by atoms with Crippen LogP contribution in [0.15, 0.2) is 53.3 Å². The van der Waals surface area contributed by atoms with Crippen molar-refractivity contribution < 1.29 is 9.47 Å². The van der Waals surface area contributed by atoms with Crippen LogP contribution in [0.25, 0.3) is 23.2 Å². The van der Waals surface area contributed by atoms with Crippen molar-refractivity contribution in [3.8, 4) is 11.5 Å². The number of nitrogens with zero attached hydrogens (tertiary/aromatic N) is 3. The first-order valence-electron chi connectivity index (χ1n) is 10.2. The third kappa shape index (κ3) is 4.83. The van der Waals surface area contributed by atoms with E-state index >= 15 is 0 Å². The summed E-state index contributed by atoms with van der Waals surface area (Å²) >= 11 is 1.31. The van der Waals surface area contributed by atoms with Crippen LogP contribution in [0.5, 0.6) is 11.5 Å². The molecule has 0 atom stereocenters. The maximum Gasteiger partial charge on any atom is 0.291 e. The van der Waals surface area contributed by atoms with Gasteiger partial charge in [-0.1, -0.05) is 60.7 Å². The van der Waals surface area contributed by atoms with Crippen LogP contribution in [0.4, 0.5) is 0 Å². The smallest absolute Gasteiger partial charge is 0.291 e. The van der Waals surface area contributed by atoms with E-state index in [2.05, 4.69) is 17.0 Å². The molecule has 6 nitrogen and oxygen atoms in total. The summed E-state index contributed by atoms with van der Waals surface area (Å²) in [4.78, 5) is 17.8. The summed E-state index contributed by atoms with van der Waals surface area (Å²) in [6.07, 6.45) is 6.48. The zero-order valence-corrected chi connectivity index (χ0v) is 18.3. The molecule has 0 aliphatic heterocycles. The lowest BCUT2D eigenvalue weighted by Gasteiger charge is -2.11. The van der Waals surface area contributed by atoms with E-state index in [1.807, 2.05) is 67.6 Å². The Morgan fingerprint density at radius 3 is 2.58 bits per heavy atom. The Balaban J connectivity index is 1.63. The number of aromatic nitrogens is 3. The Hall–Kier alpha value is -3.45. The molecule has 7 heteroatoms. The number of hydrogen-bond donors (Lipinski definition) is 0. The molecule has 4 aromatic rings. The molecule has 0 saturated heterocycles. The molecule has 2 aromatic carbocycles. The number of rotatable bonds is 8. The second-order valence-electron chi connectivity index (χ2n) is 6.81. The molecular weight excluding hydrogens is 410 g/mol. The average Bonchev–Trinajstić information content (AvgIpc) is 3.31. The van der Waals surface area contributed by atoms with Crippen molar-refractivity contribution in [2.24, 2.45) is 0 Å². The highest BCUT2D eigenvalue weighted by atomic mass is 32.1. The van der Waals surface area contributed by atoms with Gasteiger partial charge in [-0.05, 0) is 48.8 Å². The highest BCUT2D eigenvalue weighted by molar-refractivity contribution is 7.15. The SMILES string of the molecule is CCCOc1ccc(C=c2sc3nc(C=Cc4ccccc4)nn3c2=O)cc1OCC. The molecule has 0 unspecified atom stereocenters. The van der Waals surface area contributed by atoms with E-state index < -0.39 is 0 Å². The number of thiazole rings is 1. The Kier molecular flexibility index (Phi) is 6.43. The standard InChI is InChI=1S/C24H23N3O3S/c1-3-14-30-19-12-10-18(15-20(19)29-4-2)16-21-23(28)27-24(31-21)25-22(26-27)13-11-17-8-6-5-7-9-17/h5-13,15-16H,3-4,14H2,1-2H3. The molecule has 2 aromatic heterocycles. The monoisotopic (exact) mass is 433 g/mol. The van der Waals surface area contributed by atoms with Crippen molar-refractivity contribution in [2.75, 3.05) is 13.2 Å². The van der Waals surface area contributed by atoms with E-state index in [0.29, 0.717) is 40.0 Å². The van der Waals surface area contributed by atoms with Gasteiger partial charge in [-0.25, -0.2) is 0 Å². The zero-order valence-electron chi connectivity index (χ0n) is 17.4. The summed E-state index contributed by atoms with van der Waals surface area (Å²) in [5, 5.41) is 4.34. The van der Waals surface area contributed by atoms with Crippen LogP contribution in [0.2, 0.25) is 0 Å². The van der Waals surface area contributed by atoms with Gasteiger partial charge < -0.3 is 9.47 Å². The van der Waals surface area contributed by atoms with E-state index in [9.17, 15) is 4.79 Å². The van der Waals surface area contributed by atoms with Gasteiger partial charge >= 0.3 is 0 Å². The largest absolute Gasteiger partial charge is 0.490 e. The molecule has 0 aliphatic carbocycles. The summed E-state index contributed by atoms with van der Waals surface area (Å²) in [5.74, 6) is 1.89. The predicted molar refractivity (Wildman–Crippen MR) is 125 cm³/mol. The molecule has 2 heterocycles. The van der Waals surface area contributed by atoms with E-state index in [1.54, 1.807) is 6.08 Å². The second kappa shape index (κ2) is 9.57. The third-order valence-electron chi connectivity index (χ3n) is 4.45. The van der Waals surface area contributed by atoms with Crippen LogP contribution in [0, 0.1) is 0 Å². The zero-order chi connectivity index (χ0) is 21.6. The van der Waals surface area contributed by atoms with Gasteiger partial charge in [0.1, 0.15) is 0 Å². The van der Waals surface area contributed by atoms with Crippen LogP contribution in [0.3, 0.4) is 0 Å². The maximum absolute atomic E-state index is 12.8. The summed E-state index contributed by atoms with van der Waals surface area (Å²) < 4.78 is 13.4. The fourth-order valence-electron chi connectivity index (χ4n) is 3.02. The quantitative estimate of drug-likeness (QED) is 0.419. The highest BCUT2D eigenvalue weighted by Crippen LogP contribution is 2.29. The molecule has 0 radical (unpaired) electrons. The van der Waals surface area contributed by atoms with Crippen LogP contribution in [0.1, 0.15) is 37.2 Å². The topological polar surface area (TPSA) is 65.7 Å². The van der Waals surface area contributed by atoms with Crippen LogP contribution in [-0.2, 0) is 0 Å². The van der Waals surface area contributed by atoms with Crippen molar-refractivity contribution in [1.29, 1.82) is 0 Å². The minimum absolute atomic E-state index is 0.184. The maximum atomic E-state index is 12.8. The van der Waals surface area contributed by atoms with E-state index in [-0.39, 0.29) is 5.56 Å². The van der Waals surface area contributed by atoms with Gasteiger partial charge in [-0.2, -0.15) is 9.50 Å². The first-order chi connectivity index (χ1) is 15.2. The van der Waals surface area contributed by atoms with E-state index in [4.69, 9.17) is 9.47 Å². The lowest BCUT2D eigenvalue weighted by Crippen LogP contribution is -2.23. The fraction of sp³-hybridized carbons (Fsp3) is 0.208. The highest BCUT2D eigenvalue weighted by Gasteiger charge is 2.10. The molecule has 0 bridgehead atoms. The van der Waals surface area contributed by atoms with E-state index in [0.717, 1.165) is 17.5 Å². The molecule has 31 heavy (non-hydrogen) atoms. The van der Waals surface area contributed by atoms with Gasteiger partial charge in [0.05, 0.1) is 17.7 Å². The van der Waals surface area contributed by atoms with Crippen molar-refractivity contribution >= 4 is 34.5 Å². The minimum Gasteiger partial charge on any atom is -0.490 e. The van der Waals surface area contributed by atoms with Crippen molar-refractivity contribution in [2.45, 2.75) is 20.3 Å². The summed E-state index contributed by atoms with van der Waals surface area (Å²) in [7, 11) is 0. The van der Waals surface area contributed by atoms with E-state index in [1.165, 1.54) is 15.9 Å². The third-order valence-corrected chi connectivity index (χ3v) is 5.41. The molecule has 4 rings (SSSR count). The lowest BCUT2D eigenvalue weighted by molar-refractivity contribution is 0.277. The van der Waals surface area contributed by atoms with Crippen LogP contribution < -0.4 is 19.6 Å². The molecule has 0 spiro atoms. The molecule has 0 amide bonds. The lowest BCUT2D eigenvalue weighted by atomic mass is 10.2. The molecule has 0 aliphatic rings. The van der Waals surface area contributed by atoms with Gasteiger partial charge in [0.2, 0.25) is 4.96 Å². The van der Waals surface area contributed by atoms with Crippen LogP contribution in [-0.4, -0.2) is 27.8 Å². The van der Waals surface area contributed by atoms with Gasteiger partial charge in [0, 0.05) is 0 Å². The van der Waals surface area contributed by atoms with Gasteiger partial charge in [-0.15, -0.1) is 5.10 Å². The number of benzene rings is 2. The summed E-state index contributed by atoms with van der Waals surface area (Å²) in [6.45, 7) is 5.15. The Morgan fingerprint density at radius 1 is 1.00 bits per heavy atom. The first kappa shape index (κ1) is 20.8. The number of ether oxygens (including phenoxy) is 2. The summed E-state index contributed by atoms with van der Waals surface area (Å²) in [6, 6.07) is 15.6. The molecular formula is C24H23N3O3S. The molecule has 158 valence electrons. The average molecular weight is 434 g/mol. The van der Waals surface area contributed by atoms with Gasteiger partial charge in [-0.3, -0.25) is 4.79 Å². The van der Waals surface area contributed by atoms with Gasteiger partial charge in [0.25, 0.3) is 5.56 Å². The molecule has 0 N–H and O–H groups in total. The fourth-order valence-corrected chi connectivity index (χ4v) is 3.93. The first-order valence-corrected chi connectivity index (χ1v) is 11.0.